The topological polar surface area (TPSA) is 63.4 Å². The molecule has 0 spiro atoms. The fraction of sp³-hybridized carbons (Fsp3) is 0.125. The number of hydrogen-bond acceptors (Lipinski definition) is 3. The van der Waals surface area contributed by atoms with E-state index in [2.05, 4.69) is 0 Å². The Bertz CT molecular complexity index is 758. The number of anilines is 1. The summed E-state index contributed by atoms with van der Waals surface area (Å²) in [5.74, 6) is -0.628. The SMILES string of the molecule is CC(c1cccc(Cl)c1)N1C(=O)c2ccc(N)cc2C1=O. The number of benzene rings is 2. The number of carbonyl (C=O) groups is 2. The van der Waals surface area contributed by atoms with Crippen LogP contribution in [0.25, 0.3) is 0 Å². The molecule has 0 saturated heterocycles. The molecule has 3 rings (SSSR count). The van der Waals surface area contributed by atoms with Crippen LogP contribution in [0.5, 0.6) is 0 Å². The molecule has 1 aliphatic rings. The lowest BCUT2D eigenvalue weighted by Gasteiger charge is -2.23. The summed E-state index contributed by atoms with van der Waals surface area (Å²) in [4.78, 5) is 26.2. The highest BCUT2D eigenvalue weighted by Gasteiger charge is 2.38. The van der Waals surface area contributed by atoms with E-state index in [1.165, 1.54) is 4.90 Å². The van der Waals surface area contributed by atoms with Crippen LogP contribution in [0.15, 0.2) is 42.5 Å². The van der Waals surface area contributed by atoms with E-state index in [4.69, 9.17) is 17.3 Å². The molecule has 4 nitrogen and oxygen atoms in total. The van der Waals surface area contributed by atoms with Gasteiger partial charge in [-0.25, -0.2) is 0 Å². The Morgan fingerprint density at radius 1 is 1.05 bits per heavy atom. The molecule has 2 N–H and O–H groups in total. The molecule has 0 aromatic heterocycles. The molecule has 0 aliphatic carbocycles. The molecule has 0 saturated carbocycles. The fourth-order valence-electron chi connectivity index (χ4n) is 2.54. The molecule has 5 heteroatoms. The van der Waals surface area contributed by atoms with Gasteiger partial charge in [0.25, 0.3) is 11.8 Å². The molecular formula is C16H13ClN2O2. The first kappa shape index (κ1) is 13.6. The van der Waals surface area contributed by atoms with Crippen molar-refractivity contribution < 1.29 is 9.59 Å². The minimum atomic E-state index is -0.391. The van der Waals surface area contributed by atoms with E-state index in [1.54, 1.807) is 43.3 Å². The molecule has 2 aromatic carbocycles. The van der Waals surface area contributed by atoms with Crippen molar-refractivity contribution in [3.8, 4) is 0 Å². The van der Waals surface area contributed by atoms with Gasteiger partial charge < -0.3 is 5.73 Å². The first-order chi connectivity index (χ1) is 9.99. The van der Waals surface area contributed by atoms with Gasteiger partial charge in [-0.3, -0.25) is 14.5 Å². The quantitative estimate of drug-likeness (QED) is 0.684. The third-order valence-electron chi connectivity index (χ3n) is 3.66. The van der Waals surface area contributed by atoms with Crippen LogP contribution in [-0.2, 0) is 0 Å². The summed E-state index contributed by atoms with van der Waals surface area (Å²) in [5.41, 5.74) is 7.71. The summed E-state index contributed by atoms with van der Waals surface area (Å²) >= 11 is 5.97. The lowest BCUT2D eigenvalue weighted by atomic mass is 10.1. The number of nitrogen functional groups attached to an aromatic ring is 1. The number of rotatable bonds is 2. The van der Waals surface area contributed by atoms with Crippen LogP contribution in [0.2, 0.25) is 5.02 Å². The van der Waals surface area contributed by atoms with Crippen molar-refractivity contribution in [3.05, 3.63) is 64.2 Å². The largest absolute Gasteiger partial charge is 0.399 e. The second-order valence-electron chi connectivity index (χ2n) is 5.02. The Kier molecular flexibility index (Phi) is 3.18. The van der Waals surface area contributed by atoms with Crippen molar-refractivity contribution in [1.82, 2.24) is 4.90 Å². The summed E-state index contributed by atoms with van der Waals surface area (Å²) in [6.07, 6.45) is 0. The highest BCUT2D eigenvalue weighted by atomic mass is 35.5. The van der Waals surface area contributed by atoms with Crippen molar-refractivity contribution in [3.63, 3.8) is 0 Å². The Morgan fingerprint density at radius 3 is 2.48 bits per heavy atom. The second kappa shape index (κ2) is 4.90. The minimum Gasteiger partial charge on any atom is -0.399 e. The zero-order valence-corrected chi connectivity index (χ0v) is 12.1. The summed E-state index contributed by atoms with van der Waals surface area (Å²) in [7, 11) is 0. The van der Waals surface area contributed by atoms with Gasteiger partial charge in [-0.2, -0.15) is 0 Å². The van der Waals surface area contributed by atoms with Gasteiger partial charge in [-0.15, -0.1) is 0 Å². The van der Waals surface area contributed by atoms with E-state index < -0.39 is 6.04 Å². The number of carbonyl (C=O) groups excluding carboxylic acids is 2. The predicted octanol–water partition coefficient (Wildman–Crippen LogP) is 3.28. The van der Waals surface area contributed by atoms with Crippen molar-refractivity contribution in [2.75, 3.05) is 5.73 Å². The van der Waals surface area contributed by atoms with Gasteiger partial charge in [0.1, 0.15) is 0 Å². The molecule has 0 radical (unpaired) electrons. The number of nitrogens with zero attached hydrogens (tertiary/aromatic N) is 1. The monoisotopic (exact) mass is 300 g/mol. The van der Waals surface area contributed by atoms with Crippen molar-refractivity contribution in [2.24, 2.45) is 0 Å². The maximum Gasteiger partial charge on any atom is 0.262 e. The number of amides is 2. The van der Waals surface area contributed by atoms with E-state index in [-0.39, 0.29) is 11.8 Å². The van der Waals surface area contributed by atoms with Gasteiger partial charge in [0, 0.05) is 10.7 Å². The maximum absolute atomic E-state index is 12.5. The molecule has 0 fully saturated rings. The predicted molar refractivity (Wildman–Crippen MR) is 81.2 cm³/mol. The third kappa shape index (κ3) is 2.17. The van der Waals surface area contributed by atoms with Crippen LogP contribution in [0.4, 0.5) is 5.69 Å². The maximum atomic E-state index is 12.5. The first-order valence-corrected chi connectivity index (χ1v) is 6.89. The number of halogens is 1. The Labute approximate surface area is 127 Å². The highest BCUT2D eigenvalue weighted by molar-refractivity contribution is 6.30. The van der Waals surface area contributed by atoms with Crippen molar-refractivity contribution >= 4 is 29.1 Å². The number of fused-ring (bicyclic) bond motifs is 1. The van der Waals surface area contributed by atoms with Crippen molar-refractivity contribution in [1.29, 1.82) is 0 Å². The zero-order valence-electron chi connectivity index (χ0n) is 11.3. The lowest BCUT2D eigenvalue weighted by Crippen LogP contribution is -2.32. The van der Waals surface area contributed by atoms with Gasteiger partial charge in [0.15, 0.2) is 0 Å². The van der Waals surface area contributed by atoms with E-state index in [1.807, 2.05) is 6.07 Å². The first-order valence-electron chi connectivity index (χ1n) is 6.52. The van der Waals surface area contributed by atoms with Gasteiger partial charge in [0.05, 0.1) is 17.2 Å². The van der Waals surface area contributed by atoms with Gasteiger partial charge >= 0.3 is 0 Å². The van der Waals surface area contributed by atoms with E-state index in [0.717, 1.165) is 5.56 Å². The lowest BCUT2D eigenvalue weighted by molar-refractivity contribution is 0.0595. The van der Waals surface area contributed by atoms with E-state index in [0.29, 0.717) is 21.8 Å². The average molecular weight is 301 g/mol. The van der Waals surface area contributed by atoms with Gasteiger partial charge in [0.2, 0.25) is 0 Å². The number of imide groups is 1. The van der Waals surface area contributed by atoms with Crippen molar-refractivity contribution in [2.45, 2.75) is 13.0 Å². The van der Waals surface area contributed by atoms with Crippen LogP contribution >= 0.6 is 11.6 Å². The smallest absolute Gasteiger partial charge is 0.262 e. The second-order valence-corrected chi connectivity index (χ2v) is 5.45. The molecule has 0 bridgehead atoms. The van der Waals surface area contributed by atoms with E-state index >= 15 is 0 Å². The molecule has 1 atom stereocenters. The van der Waals surface area contributed by atoms with Crippen LogP contribution in [-0.4, -0.2) is 16.7 Å². The normalized spacial score (nSPS) is 15.2. The standard InChI is InChI=1S/C16H13ClN2O2/c1-9(10-3-2-4-11(17)7-10)19-15(20)13-6-5-12(18)8-14(13)16(19)21/h2-9H,18H2,1H3. The Hall–Kier alpha value is -2.33. The Morgan fingerprint density at radius 2 is 1.76 bits per heavy atom. The molecule has 1 unspecified atom stereocenters. The molecule has 1 aliphatic heterocycles. The molecular weight excluding hydrogens is 288 g/mol. The van der Waals surface area contributed by atoms with Gasteiger partial charge in [-0.05, 0) is 42.8 Å². The molecule has 106 valence electrons. The average Bonchev–Trinajstić information content (AvgIpc) is 2.70. The summed E-state index contributed by atoms with van der Waals surface area (Å²) in [6, 6.07) is 11.5. The summed E-state index contributed by atoms with van der Waals surface area (Å²) in [5, 5.41) is 0.570. The van der Waals surface area contributed by atoms with E-state index in [9.17, 15) is 9.59 Å². The highest BCUT2D eigenvalue weighted by Crippen LogP contribution is 2.32. The van der Waals surface area contributed by atoms with Crippen LogP contribution < -0.4 is 5.73 Å². The number of hydrogen-bond donors (Lipinski definition) is 1. The van der Waals surface area contributed by atoms with Crippen LogP contribution in [0.1, 0.15) is 39.2 Å². The third-order valence-corrected chi connectivity index (χ3v) is 3.90. The van der Waals surface area contributed by atoms with Crippen LogP contribution in [0, 0.1) is 0 Å². The zero-order chi connectivity index (χ0) is 15.1. The molecule has 2 aromatic rings. The summed E-state index contributed by atoms with van der Waals surface area (Å²) in [6.45, 7) is 1.80. The molecule has 1 heterocycles. The summed E-state index contributed by atoms with van der Waals surface area (Å²) < 4.78 is 0. The molecule has 2 amide bonds. The minimum absolute atomic E-state index is 0.303. The molecule has 21 heavy (non-hydrogen) atoms. The fourth-order valence-corrected chi connectivity index (χ4v) is 2.74. The van der Waals surface area contributed by atoms with Gasteiger partial charge in [-0.1, -0.05) is 23.7 Å². The Balaban J connectivity index is 2.01. The number of nitrogens with two attached hydrogens (primary N) is 1. The van der Waals surface area contributed by atoms with Crippen LogP contribution in [0.3, 0.4) is 0 Å².